The molecule has 0 aromatic carbocycles. The van der Waals surface area contributed by atoms with Crippen LogP contribution in [0.3, 0.4) is 0 Å². The average molecular weight is 133 g/mol. The van der Waals surface area contributed by atoms with Gasteiger partial charge in [-0.15, -0.1) is 0 Å². The van der Waals surface area contributed by atoms with Gasteiger partial charge in [-0.05, 0) is 6.92 Å². The molecule has 0 bridgehead atoms. The lowest BCUT2D eigenvalue weighted by atomic mass is 10.5. The van der Waals surface area contributed by atoms with E-state index in [0.717, 1.165) is 6.54 Å². The van der Waals surface area contributed by atoms with E-state index >= 15 is 0 Å². The summed E-state index contributed by atoms with van der Waals surface area (Å²) in [7, 11) is 3.98. The van der Waals surface area contributed by atoms with Gasteiger partial charge in [0.15, 0.2) is 0 Å². The Kier molecular flexibility index (Phi) is 2.37. The van der Waals surface area contributed by atoms with Crippen LogP contribution in [0, 0.1) is 0 Å². The molecular formula is C5H13N2S+. The van der Waals surface area contributed by atoms with Crippen molar-refractivity contribution in [1.29, 1.82) is 0 Å². The number of quaternary nitrogens is 1. The summed E-state index contributed by atoms with van der Waals surface area (Å²) in [6.45, 7) is 3.01. The Hall–Kier alpha value is -0.150. The van der Waals surface area contributed by atoms with Crippen molar-refractivity contribution in [3.63, 3.8) is 0 Å². The molecule has 48 valence electrons. The van der Waals surface area contributed by atoms with E-state index in [1.54, 1.807) is 0 Å². The molecule has 3 heteroatoms. The summed E-state index contributed by atoms with van der Waals surface area (Å²) in [4.78, 5) is 0. The minimum absolute atomic E-state index is 0.549. The van der Waals surface area contributed by atoms with Gasteiger partial charge in [0.25, 0.3) is 5.11 Å². The third-order valence-electron chi connectivity index (χ3n) is 1.39. The molecule has 0 heterocycles. The molecule has 0 radical (unpaired) electrons. The number of hydrogen-bond acceptors (Lipinski definition) is 1. The number of nitrogens with two attached hydrogens (primary N) is 1. The Labute approximate surface area is 55.9 Å². The molecule has 0 aromatic rings. The number of rotatable bonds is 1. The summed E-state index contributed by atoms with van der Waals surface area (Å²) >= 11 is 4.78. The van der Waals surface area contributed by atoms with Crippen LogP contribution >= 0.6 is 12.2 Å². The monoisotopic (exact) mass is 133 g/mol. The standard InChI is InChI=1S/C5H12N2S/c1-4-7(2,3)5(6)8/h4H2,1-3H3,(H-,6,8)/p+1. The molecule has 0 aromatic heterocycles. The quantitative estimate of drug-likeness (QED) is 0.412. The van der Waals surface area contributed by atoms with E-state index in [0.29, 0.717) is 9.60 Å². The number of hydrogen-bond donors (Lipinski definition) is 1. The SMILES string of the molecule is CC[N+](C)(C)C(N)=S. The average Bonchev–Trinajstić information content (AvgIpc) is 1.67. The molecule has 0 unspecified atom stereocenters. The summed E-state index contributed by atoms with van der Waals surface area (Å²) < 4.78 is 0.634. The fourth-order valence-corrected chi connectivity index (χ4v) is 0.285. The highest BCUT2D eigenvalue weighted by atomic mass is 32.1. The highest BCUT2D eigenvalue weighted by Crippen LogP contribution is 1.93. The maximum Gasteiger partial charge on any atom is 0.266 e. The van der Waals surface area contributed by atoms with Crippen molar-refractivity contribution in [2.24, 2.45) is 5.73 Å². The zero-order valence-corrected chi connectivity index (χ0v) is 6.46. The highest BCUT2D eigenvalue weighted by Gasteiger charge is 2.14. The van der Waals surface area contributed by atoms with E-state index in [9.17, 15) is 0 Å². The minimum atomic E-state index is 0.549. The fraction of sp³-hybridized carbons (Fsp3) is 0.800. The minimum Gasteiger partial charge on any atom is -0.345 e. The van der Waals surface area contributed by atoms with E-state index in [1.165, 1.54) is 0 Å². The van der Waals surface area contributed by atoms with Crippen LogP contribution in [0.2, 0.25) is 0 Å². The van der Waals surface area contributed by atoms with E-state index in [-0.39, 0.29) is 0 Å². The van der Waals surface area contributed by atoms with Gasteiger partial charge in [-0.25, -0.2) is 0 Å². The molecule has 0 saturated carbocycles. The summed E-state index contributed by atoms with van der Waals surface area (Å²) in [5, 5.41) is 0.549. The smallest absolute Gasteiger partial charge is 0.266 e. The second-order valence-corrected chi connectivity index (χ2v) is 2.76. The lowest BCUT2D eigenvalue weighted by Gasteiger charge is -2.24. The zero-order valence-electron chi connectivity index (χ0n) is 5.64. The Morgan fingerprint density at radius 3 is 2.00 bits per heavy atom. The number of thiocarbonyl (C=S) groups is 1. The van der Waals surface area contributed by atoms with Gasteiger partial charge in [0, 0.05) is 12.2 Å². The predicted molar refractivity (Wildman–Crippen MR) is 39.4 cm³/mol. The molecule has 0 fully saturated rings. The van der Waals surface area contributed by atoms with Crippen LogP contribution < -0.4 is 5.73 Å². The Morgan fingerprint density at radius 1 is 1.62 bits per heavy atom. The topological polar surface area (TPSA) is 26.0 Å². The van der Waals surface area contributed by atoms with Gasteiger partial charge < -0.3 is 5.73 Å². The Balaban J connectivity index is 3.91. The van der Waals surface area contributed by atoms with E-state index < -0.39 is 0 Å². The van der Waals surface area contributed by atoms with Gasteiger partial charge >= 0.3 is 0 Å². The van der Waals surface area contributed by atoms with Crippen LogP contribution in [0.5, 0.6) is 0 Å². The van der Waals surface area contributed by atoms with Crippen molar-refractivity contribution in [2.75, 3.05) is 20.6 Å². The third kappa shape index (κ3) is 1.76. The molecule has 0 saturated heterocycles. The summed E-state index contributed by atoms with van der Waals surface area (Å²) in [6, 6.07) is 0. The van der Waals surface area contributed by atoms with Crippen molar-refractivity contribution in [1.82, 2.24) is 0 Å². The van der Waals surface area contributed by atoms with Gasteiger partial charge in [-0.3, -0.25) is 4.48 Å². The van der Waals surface area contributed by atoms with Gasteiger partial charge in [0.2, 0.25) is 0 Å². The summed E-state index contributed by atoms with van der Waals surface area (Å²) in [5.74, 6) is 0. The lowest BCUT2D eigenvalue weighted by Crippen LogP contribution is -2.48. The summed E-state index contributed by atoms with van der Waals surface area (Å²) in [5.41, 5.74) is 5.38. The molecule has 0 atom stereocenters. The second-order valence-electron chi connectivity index (χ2n) is 2.34. The first-order chi connectivity index (χ1) is 3.50. The van der Waals surface area contributed by atoms with Crippen molar-refractivity contribution in [2.45, 2.75) is 6.92 Å². The normalized spacial score (nSPS) is 11.4. The van der Waals surface area contributed by atoms with Gasteiger partial charge in [-0.1, -0.05) is 0 Å². The molecule has 0 rings (SSSR count). The molecule has 0 aliphatic carbocycles. The first kappa shape index (κ1) is 7.85. The fourth-order valence-electron chi connectivity index (χ4n) is 0.156. The van der Waals surface area contributed by atoms with Crippen LogP contribution in [-0.2, 0) is 0 Å². The molecule has 0 aliphatic heterocycles. The molecule has 0 aliphatic rings. The largest absolute Gasteiger partial charge is 0.345 e. The van der Waals surface area contributed by atoms with Crippen LogP contribution in [0.1, 0.15) is 6.92 Å². The maximum absolute atomic E-state index is 5.38. The van der Waals surface area contributed by atoms with Crippen LogP contribution in [0.15, 0.2) is 0 Å². The maximum atomic E-state index is 5.38. The molecule has 0 amide bonds. The highest BCUT2D eigenvalue weighted by molar-refractivity contribution is 7.79. The molecule has 8 heavy (non-hydrogen) atoms. The molecular weight excluding hydrogens is 120 g/mol. The van der Waals surface area contributed by atoms with Gasteiger partial charge in [0.05, 0.1) is 20.6 Å². The van der Waals surface area contributed by atoms with Crippen LogP contribution in [0.4, 0.5) is 0 Å². The van der Waals surface area contributed by atoms with Crippen LogP contribution in [-0.4, -0.2) is 30.2 Å². The van der Waals surface area contributed by atoms with E-state index in [1.807, 2.05) is 14.1 Å². The Morgan fingerprint density at radius 2 is 2.00 bits per heavy atom. The number of nitrogens with zero attached hydrogens (tertiary/aromatic N) is 1. The zero-order chi connectivity index (χ0) is 6.78. The second kappa shape index (κ2) is 2.42. The van der Waals surface area contributed by atoms with Crippen molar-refractivity contribution < 1.29 is 4.48 Å². The molecule has 2 N–H and O–H groups in total. The molecule has 2 nitrogen and oxygen atoms in total. The summed E-state index contributed by atoms with van der Waals surface area (Å²) in [6.07, 6.45) is 0. The van der Waals surface area contributed by atoms with Crippen LogP contribution in [0.25, 0.3) is 0 Å². The Bertz CT molecular complexity index is 98.6. The lowest BCUT2D eigenvalue weighted by molar-refractivity contribution is -0.795. The third-order valence-corrected chi connectivity index (χ3v) is 1.88. The first-order valence-electron chi connectivity index (χ1n) is 2.63. The first-order valence-corrected chi connectivity index (χ1v) is 3.04. The van der Waals surface area contributed by atoms with Crippen molar-refractivity contribution in [3.05, 3.63) is 0 Å². The molecule has 0 spiro atoms. The van der Waals surface area contributed by atoms with Crippen molar-refractivity contribution >= 4 is 17.3 Å². The van der Waals surface area contributed by atoms with Gasteiger partial charge in [-0.2, -0.15) is 0 Å². The van der Waals surface area contributed by atoms with E-state index in [4.69, 9.17) is 18.0 Å². The predicted octanol–water partition coefficient (Wildman–Crippen LogP) is 0.326. The van der Waals surface area contributed by atoms with Gasteiger partial charge in [0.1, 0.15) is 0 Å². The van der Waals surface area contributed by atoms with E-state index in [2.05, 4.69) is 6.92 Å². The van der Waals surface area contributed by atoms with Crippen molar-refractivity contribution in [3.8, 4) is 0 Å².